The minimum atomic E-state index is -5.16. The number of nitrogens with one attached hydrogen (secondary N) is 3. The molecule has 5 aliphatic carbocycles. The number of aliphatic hydroxyl groups excluding tert-OH is 1. The fraction of sp³-hybridized carbons (Fsp3) is 0.628. The van der Waals surface area contributed by atoms with Gasteiger partial charge in [-0.25, -0.2) is 0 Å². The van der Waals surface area contributed by atoms with E-state index in [1.807, 2.05) is 19.9 Å². The van der Waals surface area contributed by atoms with Gasteiger partial charge in [0.25, 0.3) is 0 Å². The summed E-state index contributed by atoms with van der Waals surface area (Å²) in [6.45, 7) is 2.52. The Morgan fingerprint density at radius 1 is 1.06 bits per heavy atom. The number of amides is 3. The van der Waals surface area contributed by atoms with Crippen LogP contribution >= 0.6 is 24.1 Å². The number of carbonyl (C=O) groups excluding carboxylic acids is 5. The van der Waals surface area contributed by atoms with Gasteiger partial charge in [-0.3, -0.25) is 24.0 Å². The second-order valence-electron chi connectivity index (χ2n) is 18.3. The zero-order chi connectivity index (χ0) is 46.4. The molecular weight excluding hydrogens is 928 g/mol. The van der Waals surface area contributed by atoms with Crippen molar-refractivity contribution in [3.63, 3.8) is 0 Å². The number of carboxylic acids is 1. The first kappa shape index (κ1) is 48.2. The monoisotopic (exact) mass is 983 g/mol. The predicted molar refractivity (Wildman–Crippen MR) is 228 cm³/mol. The van der Waals surface area contributed by atoms with Gasteiger partial charge in [0.1, 0.15) is 6.04 Å². The number of ketones is 2. The Morgan fingerprint density at radius 2 is 1.80 bits per heavy atom. The molecule has 0 radical (unpaired) electrons. The molecule has 1 aromatic carbocycles. The van der Waals surface area contributed by atoms with E-state index < -0.39 is 91.0 Å². The van der Waals surface area contributed by atoms with Crippen molar-refractivity contribution in [2.75, 3.05) is 18.5 Å². The summed E-state index contributed by atoms with van der Waals surface area (Å²) in [6, 6.07) is 2.70. The number of hydrogen-bond donors (Lipinski definition) is 8. The fourth-order valence-corrected chi connectivity index (χ4v) is 12.1. The molecule has 8 N–H and O–H groups in total. The van der Waals surface area contributed by atoms with E-state index >= 15 is 4.39 Å². The number of aliphatic hydroxyl groups is 1. The standard InChI is InChI=1S/C43H56BrFN3O15P/c1-41-14-13-24(49)15-22(41)3-9-27-29-17-34-43(33(51)21-60-64(57,58)59,42(29,2)18-32(50)38(27)41)63-40(62-34)28-10-8-26(16-30(28)45)61-25-6-4-23(5-7-25)47-39(56)31(11-12-37(54)55)48-36(53)20-46-35(52)19-44/h8,10,13-16,23,25,27,29,31-32,34,38,40,50,57-59,64H,3-7,9,11-12,17-21H2,1-2H3,(H,46,52)(H,47,56)(H,48,53)(H,54,55)/t23?,25?,27-,29-,31-,32-,34+,38+,40+,41-,42-,43+/m0/s1. The average molecular weight is 985 g/mol. The Labute approximate surface area is 377 Å². The van der Waals surface area contributed by atoms with Gasteiger partial charge in [-0.2, -0.15) is 0 Å². The van der Waals surface area contributed by atoms with E-state index in [4.69, 9.17) is 23.8 Å². The summed E-state index contributed by atoms with van der Waals surface area (Å²) in [6.07, 6.45) is 4.33. The van der Waals surface area contributed by atoms with Gasteiger partial charge in [-0.1, -0.05) is 15.9 Å². The molecule has 7 rings (SSSR count). The van der Waals surface area contributed by atoms with Crippen LogP contribution in [0.4, 0.5) is 4.39 Å². The number of carboxylic acid groups (broad SMARTS) is 1. The minimum absolute atomic E-state index is 0.0192. The van der Waals surface area contributed by atoms with E-state index in [1.165, 1.54) is 18.2 Å². The van der Waals surface area contributed by atoms with Crippen LogP contribution in [0, 0.1) is 34.4 Å². The molecule has 1 aliphatic heterocycles. The molecule has 21 heteroatoms. The van der Waals surface area contributed by atoms with E-state index in [9.17, 15) is 48.6 Å². The Hall–Kier alpha value is -3.72. The molecule has 10 atom stereocenters. The number of alkyl halides is 1. The number of Topliss-reactive ketones (excluding diaryl/α,β-unsaturated/α-hetero) is 1. The molecule has 1 heterocycles. The topological polar surface area (TPSA) is 277 Å². The number of carbonyl (C=O) groups is 6. The van der Waals surface area contributed by atoms with Crippen LogP contribution in [0.2, 0.25) is 0 Å². The summed E-state index contributed by atoms with van der Waals surface area (Å²) in [5, 5.41) is 28.9. The van der Waals surface area contributed by atoms with Gasteiger partial charge in [0.05, 0.1) is 11.9 Å². The van der Waals surface area contributed by atoms with Crippen molar-refractivity contribution in [2.24, 2.45) is 28.6 Å². The molecule has 6 aliphatic rings. The van der Waals surface area contributed by atoms with E-state index in [0.29, 0.717) is 44.9 Å². The van der Waals surface area contributed by atoms with Crippen molar-refractivity contribution in [1.82, 2.24) is 16.0 Å². The van der Waals surface area contributed by atoms with Gasteiger partial charge >= 0.3 is 237 Å². The molecule has 3 amide bonds. The summed E-state index contributed by atoms with van der Waals surface area (Å²) in [5.74, 6) is -4.85. The van der Waals surface area contributed by atoms with E-state index in [0.717, 1.165) is 5.57 Å². The van der Waals surface area contributed by atoms with Crippen LogP contribution in [0.25, 0.3) is 0 Å². The van der Waals surface area contributed by atoms with Crippen molar-refractivity contribution in [3.05, 3.63) is 53.4 Å². The third-order valence-electron chi connectivity index (χ3n) is 14.5. The van der Waals surface area contributed by atoms with E-state index in [2.05, 4.69) is 31.9 Å². The molecule has 1 aromatic rings. The Bertz CT molecular complexity index is 2100. The van der Waals surface area contributed by atoms with E-state index in [1.54, 1.807) is 12.1 Å². The van der Waals surface area contributed by atoms with Crippen LogP contribution in [-0.2, 0) is 42.8 Å². The zero-order valence-electron chi connectivity index (χ0n) is 35.4. The van der Waals surface area contributed by atoms with Crippen LogP contribution in [-0.4, -0.2) is 115 Å². The number of rotatable bonds is 16. The third-order valence-corrected chi connectivity index (χ3v) is 15.5. The summed E-state index contributed by atoms with van der Waals surface area (Å²) in [7, 11) is -5.16. The number of hydrogen-bond acceptors (Lipinski definition) is 14. The second kappa shape index (κ2) is 18.9. The number of benzene rings is 1. The normalized spacial score (nSPS) is 34.8. The molecule has 1 saturated heterocycles. The molecule has 4 saturated carbocycles. The predicted octanol–water partition coefficient (Wildman–Crippen LogP) is 2.51. The van der Waals surface area contributed by atoms with Crippen molar-refractivity contribution in [1.29, 1.82) is 0 Å². The van der Waals surface area contributed by atoms with Crippen LogP contribution in [0.15, 0.2) is 42.0 Å². The van der Waals surface area contributed by atoms with Crippen LogP contribution in [0.5, 0.6) is 5.75 Å². The summed E-state index contributed by atoms with van der Waals surface area (Å²) in [4.78, 5) is 104. The van der Waals surface area contributed by atoms with Crippen LogP contribution in [0.3, 0.4) is 0 Å². The summed E-state index contributed by atoms with van der Waals surface area (Å²) in [5.41, 5.74) is -2.63. The van der Waals surface area contributed by atoms with Gasteiger partial charge < -0.3 is 21.1 Å². The van der Waals surface area contributed by atoms with Gasteiger partial charge in [0.2, 0.25) is 17.7 Å². The van der Waals surface area contributed by atoms with Crippen molar-refractivity contribution >= 4 is 59.4 Å². The Balaban J connectivity index is 1.01. The third kappa shape index (κ3) is 9.58. The SMILES string of the molecule is C[C@]12C=CC(=O)C=C1CC[C@@H]1[C@@H]2[C@@H](O)C[C@@]2(C)[C@H]1C[C@H]1O[C@@H](c3ccc(OC4CCC(NC(=O)[C@H](CCC(=O)O)NC(=O)CNC(=O)CBr)CC4)cc3F)O[C@]12C(=O)CO[PH](O)(O)O. The molecule has 0 aromatic heterocycles. The zero-order valence-corrected chi connectivity index (χ0v) is 38.0. The number of allylic oxidation sites excluding steroid dienone is 4. The Morgan fingerprint density at radius 3 is 2.47 bits per heavy atom. The van der Waals surface area contributed by atoms with Crippen LogP contribution < -0.4 is 20.7 Å². The van der Waals surface area contributed by atoms with Gasteiger partial charge in [0.15, 0.2) is 0 Å². The number of halogens is 2. The van der Waals surface area contributed by atoms with Crippen molar-refractivity contribution in [3.8, 4) is 5.75 Å². The first-order valence-electron chi connectivity index (χ1n) is 21.6. The first-order chi connectivity index (χ1) is 30.2. The fourth-order valence-electron chi connectivity index (χ4n) is 11.6. The molecule has 18 nitrogen and oxygen atoms in total. The first-order valence-corrected chi connectivity index (χ1v) is 24.4. The number of aliphatic carboxylic acids is 1. The quantitative estimate of drug-likeness (QED) is 0.0873. The van der Waals surface area contributed by atoms with Crippen molar-refractivity contribution in [2.45, 2.75) is 120 Å². The molecule has 64 heavy (non-hydrogen) atoms. The molecule has 0 spiro atoms. The molecular formula is C43H56BrFN3O15P. The molecule has 352 valence electrons. The number of ether oxygens (including phenoxy) is 3. The number of fused-ring (bicyclic) bond motifs is 7. The molecule has 0 bridgehead atoms. The summed E-state index contributed by atoms with van der Waals surface area (Å²) >= 11 is 2.97. The summed E-state index contributed by atoms with van der Waals surface area (Å²) < 4.78 is 40.2. The van der Waals surface area contributed by atoms with Crippen molar-refractivity contribution < 1.29 is 76.8 Å². The molecule has 5 fully saturated rings. The van der Waals surface area contributed by atoms with E-state index in [-0.39, 0.29) is 78.1 Å². The maximum absolute atomic E-state index is 16.1. The second-order valence-corrected chi connectivity index (χ2v) is 20.3. The van der Waals surface area contributed by atoms with Crippen LogP contribution in [0.1, 0.15) is 89.9 Å². The van der Waals surface area contributed by atoms with Gasteiger partial charge in [0, 0.05) is 12.5 Å². The Kier molecular flexibility index (Phi) is 14.2. The average Bonchev–Trinajstić information content (AvgIpc) is 3.73. The van der Waals surface area contributed by atoms with Gasteiger partial charge in [-0.05, 0) is 32.1 Å². The maximum atomic E-state index is 16.1. The van der Waals surface area contributed by atoms with Gasteiger partial charge in [-0.15, -0.1) is 0 Å². The molecule has 0 unspecified atom stereocenters.